The van der Waals surface area contributed by atoms with E-state index in [9.17, 15) is 0 Å². The standard InChI is InChI=1S/C22H21NO/c1-24-21-16-23(20-15-9-8-14-19(20)21)22(17-10-4-2-5-11-17)18-12-6-3-7-13-18/h2-15,21-22H,16H2,1H3/t21-/m0/s1. The van der Waals surface area contributed by atoms with E-state index in [1.54, 1.807) is 7.11 Å². The molecule has 1 heterocycles. The molecule has 0 amide bonds. The zero-order chi connectivity index (χ0) is 16.4. The van der Waals surface area contributed by atoms with Gasteiger partial charge in [-0.25, -0.2) is 0 Å². The number of hydrogen-bond acceptors (Lipinski definition) is 2. The first kappa shape index (κ1) is 15.0. The van der Waals surface area contributed by atoms with E-state index in [0.717, 1.165) is 6.54 Å². The first-order chi connectivity index (χ1) is 11.9. The van der Waals surface area contributed by atoms with E-state index in [1.807, 2.05) is 0 Å². The molecule has 0 spiro atoms. The van der Waals surface area contributed by atoms with Crippen LogP contribution in [0.3, 0.4) is 0 Å². The predicted octanol–water partition coefficient (Wildman–Crippen LogP) is 4.98. The van der Waals surface area contributed by atoms with Gasteiger partial charge in [0.25, 0.3) is 0 Å². The Bertz CT molecular complexity index is 761. The summed E-state index contributed by atoms with van der Waals surface area (Å²) in [6.07, 6.45) is 0.121. The summed E-state index contributed by atoms with van der Waals surface area (Å²) < 4.78 is 5.75. The summed E-state index contributed by atoms with van der Waals surface area (Å²) in [5.41, 5.74) is 5.14. The highest BCUT2D eigenvalue weighted by Gasteiger charge is 2.34. The van der Waals surface area contributed by atoms with E-state index in [1.165, 1.54) is 22.4 Å². The fourth-order valence-electron chi connectivity index (χ4n) is 3.67. The topological polar surface area (TPSA) is 12.5 Å². The first-order valence-electron chi connectivity index (χ1n) is 8.36. The molecule has 24 heavy (non-hydrogen) atoms. The van der Waals surface area contributed by atoms with E-state index in [0.29, 0.717) is 0 Å². The molecular formula is C22H21NO. The van der Waals surface area contributed by atoms with Crippen LogP contribution in [0.2, 0.25) is 0 Å². The maximum Gasteiger partial charge on any atom is 0.102 e. The summed E-state index contributed by atoms with van der Waals surface area (Å²) >= 11 is 0. The molecule has 0 aromatic heterocycles. The highest BCUT2D eigenvalue weighted by molar-refractivity contribution is 5.62. The van der Waals surface area contributed by atoms with Crippen LogP contribution >= 0.6 is 0 Å². The maximum atomic E-state index is 5.75. The number of methoxy groups -OCH3 is 1. The summed E-state index contributed by atoms with van der Waals surface area (Å²) in [4.78, 5) is 2.47. The molecular weight excluding hydrogens is 294 g/mol. The minimum Gasteiger partial charge on any atom is -0.375 e. The van der Waals surface area contributed by atoms with Crippen LogP contribution in [-0.2, 0) is 4.74 Å². The van der Waals surface area contributed by atoms with Crippen molar-refractivity contribution in [2.45, 2.75) is 12.1 Å². The highest BCUT2D eigenvalue weighted by atomic mass is 16.5. The molecule has 2 nitrogen and oxygen atoms in total. The van der Waals surface area contributed by atoms with Crippen molar-refractivity contribution in [3.05, 3.63) is 102 Å². The summed E-state index contributed by atoms with van der Waals surface area (Å²) in [6.45, 7) is 0.865. The molecule has 0 N–H and O–H groups in total. The van der Waals surface area contributed by atoms with Crippen LogP contribution in [-0.4, -0.2) is 13.7 Å². The van der Waals surface area contributed by atoms with Gasteiger partial charge >= 0.3 is 0 Å². The van der Waals surface area contributed by atoms with Crippen LogP contribution in [0, 0.1) is 0 Å². The third-order valence-corrected chi connectivity index (χ3v) is 4.78. The van der Waals surface area contributed by atoms with Gasteiger partial charge in [-0.3, -0.25) is 0 Å². The number of fused-ring (bicyclic) bond motifs is 1. The van der Waals surface area contributed by atoms with Crippen LogP contribution in [0.5, 0.6) is 0 Å². The van der Waals surface area contributed by atoms with Gasteiger partial charge in [0.15, 0.2) is 0 Å². The van der Waals surface area contributed by atoms with Gasteiger partial charge < -0.3 is 9.64 Å². The summed E-state index contributed by atoms with van der Waals surface area (Å²) in [6, 6.07) is 30.2. The van der Waals surface area contributed by atoms with Crippen LogP contribution in [0.1, 0.15) is 28.8 Å². The molecule has 2 heteroatoms. The lowest BCUT2D eigenvalue weighted by atomic mass is 9.97. The average Bonchev–Trinajstić information content (AvgIpc) is 3.03. The Kier molecular flexibility index (Phi) is 4.06. The molecule has 3 aromatic carbocycles. The second-order valence-corrected chi connectivity index (χ2v) is 6.16. The van der Waals surface area contributed by atoms with Gasteiger partial charge in [0.1, 0.15) is 6.10 Å². The van der Waals surface area contributed by atoms with Crippen molar-refractivity contribution in [1.29, 1.82) is 0 Å². The normalized spacial score (nSPS) is 16.4. The Morgan fingerprint density at radius 2 is 1.33 bits per heavy atom. The molecule has 0 radical (unpaired) electrons. The molecule has 0 saturated carbocycles. The van der Waals surface area contributed by atoms with Gasteiger partial charge in [-0.15, -0.1) is 0 Å². The third-order valence-electron chi connectivity index (χ3n) is 4.78. The molecule has 0 bridgehead atoms. The quantitative estimate of drug-likeness (QED) is 0.673. The van der Waals surface area contributed by atoms with Crippen LogP contribution in [0.4, 0.5) is 5.69 Å². The Hall–Kier alpha value is -2.58. The van der Waals surface area contributed by atoms with Gasteiger partial charge in [0, 0.05) is 24.9 Å². The largest absolute Gasteiger partial charge is 0.375 e. The van der Waals surface area contributed by atoms with Crippen molar-refractivity contribution in [2.24, 2.45) is 0 Å². The number of hydrogen-bond donors (Lipinski definition) is 0. The summed E-state index contributed by atoms with van der Waals surface area (Å²) in [5, 5.41) is 0. The van der Waals surface area contributed by atoms with E-state index < -0.39 is 0 Å². The average molecular weight is 315 g/mol. The third kappa shape index (κ3) is 2.59. The molecule has 0 fully saturated rings. The first-order valence-corrected chi connectivity index (χ1v) is 8.36. The number of rotatable bonds is 4. The lowest BCUT2D eigenvalue weighted by Gasteiger charge is -2.31. The monoisotopic (exact) mass is 315 g/mol. The van der Waals surface area contributed by atoms with Crippen molar-refractivity contribution in [1.82, 2.24) is 0 Å². The molecule has 4 rings (SSSR count). The fourth-order valence-corrected chi connectivity index (χ4v) is 3.67. The molecule has 0 saturated heterocycles. The Morgan fingerprint density at radius 1 is 0.792 bits per heavy atom. The molecule has 1 atom stereocenters. The Morgan fingerprint density at radius 3 is 1.92 bits per heavy atom. The second kappa shape index (κ2) is 6.50. The van der Waals surface area contributed by atoms with E-state index in [-0.39, 0.29) is 12.1 Å². The fraction of sp³-hybridized carbons (Fsp3) is 0.182. The van der Waals surface area contributed by atoms with Crippen LogP contribution in [0.25, 0.3) is 0 Å². The molecule has 3 aromatic rings. The van der Waals surface area contributed by atoms with Crippen molar-refractivity contribution in [3.63, 3.8) is 0 Å². The summed E-state index contributed by atoms with van der Waals surface area (Å²) in [7, 11) is 1.80. The van der Waals surface area contributed by atoms with Gasteiger partial charge in [-0.1, -0.05) is 78.9 Å². The van der Waals surface area contributed by atoms with Gasteiger partial charge in [0.2, 0.25) is 0 Å². The van der Waals surface area contributed by atoms with Crippen LogP contribution < -0.4 is 4.90 Å². The lowest BCUT2D eigenvalue weighted by Crippen LogP contribution is -2.28. The number of anilines is 1. The molecule has 1 aliphatic heterocycles. The highest BCUT2D eigenvalue weighted by Crippen LogP contribution is 2.43. The van der Waals surface area contributed by atoms with Crippen molar-refractivity contribution >= 4 is 5.69 Å². The van der Waals surface area contributed by atoms with Gasteiger partial charge in [-0.05, 0) is 17.2 Å². The Labute approximate surface area is 143 Å². The van der Waals surface area contributed by atoms with Gasteiger partial charge in [0.05, 0.1) is 6.04 Å². The molecule has 1 aliphatic rings. The maximum absolute atomic E-state index is 5.75. The van der Waals surface area contributed by atoms with Crippen molar-refractivity contribution in [2.75, 3.05) is 18.6 Å². The minimum atomic E-state index is 0.121. The smallest absolute Gasteiger partial charge is 0.102 e. The van der Waals surface area contributed by atoms with E-state index in [2.05, 4.69) is 89.8 Å². The number of benzene rings is 3. The number of nitrogens with zero attached hydrogens (tertiary/aromatic N) is 1. The zero-order valence-corrected chi connectivity index (χ0v) is 13.8. The number of para-hydroxylation sites is 1. The lowest BCUT2D eigenvalue weighted by molar-refractivity contribution is 0.115. The second-order valence-electron chi connectivity index (χ2n) is 6.16. The summed E-state index contributed by atoms with van der Waals surface area (Å²) in [5.74, 6) is 0. The predicted molar refractivity (Wildman–Crippen MR) is 98.3 cm³/mol. The van der Waals surface area contributed by atoms with Crippen LogP contribution in [0.15, 0.2) is 84.9 Å². The Balaban J connectivity index is 1.84. The molecule has 0 unspecified atom stereocenters. The van der Waals surface area contributed by atoms with Crippen molar-refractivity contribution in [3.8, 4) is 0 Å². The number of ether oxygens (including phenoxy) is 1. The molecule has 120 valence electrons. The van der Waals surface area contributed by atoms with Crippen molar-refractivity contribution < 1.29 is 4.74 Å². The molecule has 0 aliphatic carbocycles. The SMILES string of the molecule is CO[C@H]1CN(C(c2ccccc2)c2ccccc2)c2ccccc21. The zero-order valence-electron chi connectivity index (χ0n) is 13.8. The van der Waals surface area contributed by atoms with E-state index in [4.69, 9.17) is 4.74 Å². The van der Waals surface area contributed by atoms with E-state index >= 15 is 0 Å². The minimum absolute atomic E-state index is 0.121. The van der Waals surface area contributed by atoms with Gasteiger partial charge in [-0.2, -0.15) is 0 Å².